The van der Waals surface area contributed by atoms with Crippen molar-refractivity contribution in [3.8, 4) is 11.5 Å². The lowest BCUT2D eigenvalue weighted by Gasteiger charge is -2.34. The number of carbonyl (C=O) groups is 1. The van der Waals surface area contributed by atoms with Gasteiger partial charge in [0.2, 0.25) is 17.7 Å². The Hall–Kier alpha value is -2.93. The summed E-state index contributed by atoms with van der Waals surface area (Å²) in [6.07, 6.45) is 3.67. The van der Waals surface area contributed by atoms with E-state index < -0.39 is 0 Å². The third kappa shape index (κ3) is 3.99. The molecular formula is C20H20ClN5O2. The number of hydrogen-bond acceptors (Lipinski definition) is 6. The minimum Gasteiger partial charge on any atom is -0.441 e. The van der Waals surface area contributed by atoms with Crippen LogP contribution in [0.4, 0.5) is 5.95 Å². The van der Waals surface area contributed by atoms with Crippen molar-refractivity contribution in [3.63, 3.8) is 0 Å². The monoisotopic (exact) mass is 397 g/mol. The molecule has 0 unspecified atom stereocenters. The minimum atomic E-state index is 0.0441. The van der Waals surface area contributed by atoms with Gasteiger partial charge >= 0.3 is 0 Å². The summed E-state index contributed by atoms with van der Waals surface area (Å²) in [5, 5.41) is 0.617. The van der Waals surface area contributed by atoms with Gasteiger partial charge < -0.3 is 14.2 Å². The zero-order chi connectivity index (χ0) is 19.5. The lowest BCUT2D eigenvalue weighted by atomic mass is 10.2. The van der Waals surface area contributed by atoms with Crippen molar-refractivity contribution in [1.82, 2.24) is 19.9 Å². The van der Waals surface area contributed by atoms with Gasteiger partial charge in [0.25, 0.3) is 0 Å². The Morgan fingerprint density at radius 2 is 1.89 bits per heavy atom. The van der Waals surface area contributed by atoms with Gasteiger partial charge in [-0.15, -0.1) is 0 Å². The molecule has 7 nitrogen and oxygen atoms in total. The van der Waals surface area contributed by atoms with Crippen LogP contribution in [0.3, 0.4) is 0 Å². The Labute approximate surface area is 168 Å². The number of benzene rings is 1. The third-order valence-electron chi connectivity index (χ3n) is 4.75. The number of halogens is 1. The average molecular weight is 398 g/mol. The fourth-order valence-corrected chi connectivity index (χ4v) is 3.39. The zero-order valence-electron chi connectivity index (χ0n) is 15.5. The van der Waals surface area contributed by atoms with Crippen LogP contribution in [-0.2, 0) is 11.2 Å². The first-order valence-electron chi connectivity index (χ1n) is 9.12. The van der Waals surface area contributed by atoms with Crippen LogP contribution in [-0.4, -0.2) is 51.9 Å². The molecule has 1 aromatic carbocycles. The Balaban J connectivity index is 1.39. The molecule has 0 saturated carbocycles. The molecule has 28 heavy (non-hydrogen) atoms. The number of oxazole rings is 1. The number of amides is 1. The van der Waals surface area contributed by atoms with E-state index in [4.69, 9.17) is 16.0 Å². The van der Waals surface area contributed by atoms with E-state index in [1.807, 2.05) is 24.0 Å². The molecule has 1 aliphatic rings. The second-order valence-electron chi connectivity index (χ2n) is 6.63. The van der Waals surface area contributed by atoms with Gasteiger partial charge in [0.05, 0.1) is 12.1 Å². The zero-order valence-corrected chi connectivity index (χ0v) is 16.3. The van der Waals surface area contributed by atoms with E-state index in [0.717, 1.165) is 5.56 Å². The summed E-state index contributed by atoms with van der Waals surface area (Å²) >= 11 is 6.04. The van der Waals surface area contributed by atoms with Crippen LogP contribution in [0.5, 0.6) is 0 Å². The molecule has 1 amide bonds. The number of rotatable bonds is 4. The maximum Gasteiger partial charge on any atom is 0.228 e. The minimum absolute atomic E-state index is 0.0441. The molecule has 144 valence electrons. The third-order valence-corrected chi connectivity index (χ3v) is 4.99. The first kappa shape index (κ1) is 18.4. The van der Waals surface area contributed by atoms with Gasteiger partial charge in [0.1, 0.15) is 5.76 Å². The van der Waals surface area contributed by atoms with Crippen LogP contribution < -0.4 is 4.90 Å². The Bertz CT molecular complexity index is 968. The van der Waals surface area contributed by atoms with E-state index >= 15 is 0 Å². The lowest BCUT2D eigenvalue weighted by molar-refractivity contribution is -0.130. The summed E-state index contributed by atoms with van der Waals surface area (Å²) < 4.78 is 5.75. The number of hydrogen-bond donors (Lipinski definition) is 0. The van der Waals surface area contributed by atoms with Crippen molar-refractivity contribution >= 4 is 23.5 Å². The largest absolute Gasteiger partial charge is 0.441 e. The van der Waals surface area contributed by atoms with Gasteiger partial charge in [-0.2, -0.15) is 0 Å². The molecule has 1 aliphatic heterocycles. The molecule has 0 spiro atoms. The topological polar surface area (TPSA) is 75.4 Å². The first-order chi connectivity index (χ1) is 13.6. The van der Waals surface area contributed by atoms with Crippen molar-refractivity contribution < 1.29 is 9.21 Å². The second kappa shape index (κ2) is 7.98. The highest BCUT2D eigenvalue weighted by Gasteiger charge is 2.24. The maximum atomic E-state index is 12.7. The van der Waals surface area contributed by atoms with E-state index in [1.165, 1.54) is 0 Å². The molecule has 1 saturated heterocycles. The summed E-state index contributed by atoms with van der Waals surface area (Å²) in [6.45, 7) is 4.52. The van der Waals surface area contributed by atoms with Crippen LogP contribution in [0, 0.1) is 6.92 Å². The van der Waals surface area contributed by atoms with Crippen LogP contribution in [0.25, 0.3) is 11.5 Å². The molecule has 0 aliphatic carbocycles. The van der Waals surface area contributed by atoms with Crippen LogP contribution in [0.2, 0.25) is 5.02 Å². The highest BCUT2D eigenvalue weighted by atomic mass is 35.5. The Kier molecular flexibility index (Phi) is 5.25. The summed E-state index contributed by atoms with van der Waals surface area (Å²) in [4.78, 5) is 29.7. The van der Waals surface area contributed by atoms with E-state index in [-0.39, 0.29) is 12.3 Å². The fourth-order valence-electron chi connectivity index (χ4n) is 3.20. The molecule has 0 bridgehead atoms. The van der Waals surface area contributed by atoms with E-state index in [2.05, 4.69) is 19.9 Å². The molecule has 2 aromatic heterocycles. The van der Waals surface area contributed by atoms with Crippen molar-refractivity contribution in [1.29, 1.82) is 0 Å². The lowest BCUT2D eigenvalue weighted by Crippen LogP contribution is -2.49. The van der Waals surface area contributed by atoms with Gasteiger partial charge in [-0.05, 0) is 31.2 Å². The number of aryl methyl sites for hydroxylation is 1. The summed E-state index contributed by atoms with van der Waals surface area (Å²) in [5.74, 6) is 1.88. The molecule has 8 heteroatoms. The van der Waals surface area contributed by atoms with Crippen LogP contribution in [0.15, 0.2) is 47.1 Å². The smallest absolute Gasteiger partial charge is 0.228 e. The van der Waals surface area contributed by atoms with E-state index in [9.17, 15) is 4.79 Å². The summed E-state index contributed by atoms with van der Waals surface area (Å²) in [6, 6.07) is 9.11. The van der Waals surface area contributed by atoms with Gasteiger partial charge in [-0.3, -0.25) is 4.79 Å². The quantitative estimate of drug-likeness (QED) is 0.673. The molecule has 1 fully saturated rings. The highest BCUT2D eigenvalue weighted by Crippen LogP contribution is 2.25. The number of aromatic nitrogens is 3. The van der Waals surface area contributed by atoms with Gasteiger partial charge in [-0.1, -0.05) is 17.7 Å². The Morgan fingerprint density at radius 3 is 2.61 bits per heavy atom. The van der Waals surface area contributed by atoms with Crippen LogP contribution in [0.1, 0.15) is 11.5 Å². The first-order valence-corrected chi connectivity index (χ1v) is 9.50. The standard InChI is InChI=1S/C20H20ClN5O2/c1-14-17(24-19(28-14)15-4-2-5-16(21)12-15)13-18(27)25-8-10-26(11-9-25)20-22-6-3-7-23-20/h2-7,12H,8-11,13H2,1H3. The normalized spacial score (nSPS) is 14.4. The Morgan fingerprint density at radius 1 is 1.14 bits per heavy atom. The van der Waals surface area contributed by atoms with E-state index in [0.29, 0.717) is 54.5 Å². The predicted octanol–water partition coefficient (Wildman–Crippen LogP) is 2.98. The molecular weight excluding hydrogens is 378 g/mol. The molecule has 3 aromatic rings. The number of carbonyl (C=O) groups excluding carboxylic acids is 1. The van der Waals surface area contributed by atoms with Crippen molar-refractivity contribution in [2.75, 3.05) is 31.1 Å². The molecule has 0 atom stereocenters. The molecule has 0 N–H and O–H groups in total. The SMILES string of the molecule is Cc1oc(-c2cccc(Cl)c2)nc1CC(=O)N1CCN(c2ncccn2)CC1. The molecule has 3 heterocycles. The van der Waals surface area contributed by atoms with Gasteiger partial charge in [0.15, 0.2) is 0 Å². The predicted molar refractivity (Wildman–Crippen MR) is 106 cm³/mol. The van der Waals surface area contributed by atoms with Crippen molar-refractivity contribution in [3.05, 3.63) is 59.2 Å². The number of nitrogens with zero attached hydrogens (tertiary/aromatic N) is 5. The summed E-state index contributed by atoms with van der Waals surface area (Å²) in [5.41, 5.74) is 1.46. The number of piperazine rings is 1. The fraction of sp³-hybridized carbons (Fsp3) is 0.300. The molecule has 4 rings (SSSR count). The second-order valence-corrected chi connectivity index (χ2v) is 7.06. The number of anilines is 1. The summed E-state index contributed by atoms with van der Waals surface area (Å²) in [7, 11) is 0. The van der Waals surface area contributed by atoms with Gasteiger partial charge in [0, 0.05) is 49.2 Å². The van der Waals surface area contributed by atoms with Crippen molar-refractivity contribution in [2.45, 2.75) is 13.3 Å². The molecule has 0 radical (unpaired) electrons. The van der Waals surface area contributed by atoms with Crippen LogP contribution >= 0.6 is 11.6 Å². The average Bonchev–Trinajstić information content (AvgIpc) is 3.09. The van der Waals surface area contributed by atoms with E-state index in [1.54, 1.807) is 30.6 Å². The van der Waals surface area contributed by atoms with Crippen molar-refractivity contribution in [2.24, 2.45) is 0 Å². The highest BCUT2D eigenvalue weighted by molar-refractivity contribution is 6.30. The van der Waals surface area contributed by atoms with Gasteiger partial charge in [-0.25, -0.2) is 15.0 Å². The maximum absolute atomic E-state index is 12.7.